The molecule has 1 fully saturated rings. The summed E-state index contributed by atoms with van der Waals surface area (Å²) in [4.78, 5) is 12.0. The summed E-state index contributed by atoms with van der Waals surface area (Å²) in [5.41, 5.74) is -0.549. The van der Waals surface area contributed by atoms with Crippen LogP contribution in [0.5, 0.6) is 11.5 Å². The molecule has 1 atom stereocenters. The van der Waals surface area contributed by atoms with Crippen LogP contribution < -0.4 is 15.4 Å². The second-order valence-corrected chi connectivity index (χ2v) is 7.15. The number of phenolic OH excluding ortho intramolecular Hbond substituents is 1. The Labute approximate surface area is 142 Å². The summed E-state index contributed by atoms with van der Waals surface area (Å²) in [6, 6.07) is 3.28. The van der Waals surface area contributed by atoms with Crippen molar-refractivity contribution in [3.63, 3.8) is 0 Å². The first-order chi connectivity index (χ1) is 11.1. The number of amides is 1. The predicted molar refractivity (Wildman–Crippen MR) is 90.7 cm³/mol. The molecule has 1 saturated heterocycles. The van der Waals surface area contributed by atoms with Crippen molar-refractivity contribution in [2.24, 2.45) is 0 Å². The van der Waals surface area contributed by atoms with Crippen LogP contribution >= 0.6 is 0 Å². The first kappa shape index (κ1) is 18.4. The molecule has 1 amide bonds. The van der Waals surface area contributed by atoms with Crippen molar-refractivity contribution in [2.45, 2.75) is 44.8 Å². The molecule has 0 radical (unpaired) electrons. The highest BCUT2D eigenvalue weighted by Crippen LogP contribution is 2.37. The van der Waals surface area contributed by atoms with E-state index in [0.29, 0.717) is 19.4 Å². The van der Waals surface area contributed by atoms with E-state index in [0.717, 1.165) is 12.1 Å². The smallest absolute Gasteiger partial charge is 0.412 e. The number of benzene rings is 1. The molecule has 4 N–H and O–H groups in total. The topological polar surface area (TPSA) is 100 Å². The lowest BCUT2D eigenvalue weighted by Crippen LogP contribution is -2.33. The van der Waals surface area contributed by atoms with Crippen molar-refractivity contribution >= 4 is 11.8 Å². The van der Waals surface area contributed by atoms with E-state index >= 15 is 0 Å². The summed E-state index contributed by atoms with van der Waals surface area (Å²) in [5, 5.41) is 26.4. The number of hydrogen-bond donors (Lipinski definition) is 4. The van der Waals surface area contributed by atoms with Crippen molar-refractivity contribution in [3.8, 4) is 11.5 Å². The van der Waals surface area contributed by atoms with Crippen LogP contribution in [-0.4, -0.2) is 47.7 Å². The Hall–Kier alpha value is -1.99. The maximum absolute atomic E-state index is 12.0. The van der Waals surface area contributed by atoms with E-state index in [9.17, 15) is 15.0 Å². The van der Waals surface area contributed by atoms with Crippen molar-refractivity contribution in [1.82, 2.24) is 5.32 Å². The van der Waals surface area contributed by atoms with Gasteiger partial charge in [-0.25, -0.2) is 4.79 Å². The molecule has 7 heteroatoms. The SMILES string of the molecule is COc1cc(CC2(O)CCNC2)cc(NC(=O)OC(C)(C)C)c1O. The average molecular weight is 338 g/mol. The zero-order valence-corrected chi connectivity index (χ0v) is 14.6. The molecule has 0 aromatic heterocycles. The van der Waals surface area contributed by atoms with Crippen LogP contribution in [-0.2, 0) is 11.2 Å². The summed E-state index contributed by atoms with van der Waals surface area (Å²) in [7, 11) is 1.43. The highest BCUT2D eigenvalue weighted by Gasteiger charge is 2.31. The third kappa shape index (κ3) is 4.75. The second-order valence-electron chi connectivity index (χ2n) is 7.15. The number of ether oxygens (including phenoxy) is 2. The Morgan fingerprint density at radius 1 is 1.42 bits per heavy atom. The molecule has 0 aliphatic carbocycles. The summed E-state index contributed by atoms with van der Waals surface area (Å²) < 4.78 is 10.4. The third-order valence-corrected chi connectivity index (χ3v) is 3.74. The van der Waals surface area contributed by atoms with Gasteiger partial charge in [0.25, 0.3) is 0 Å². The largest absolute Gasteiger partial charge is 0.503 e. The van der Waals surface area contributed by atoms with Gasteiger partial charge in [0.1, 0.15) is 5.60 Å². The molecule has 1 heterocycles. The fourth-order valence-electron chi connectivity index (χ4n) is 2.69. The number of anilines is 1. The number of methoxy groups -OCH3 is 1. The van der Waals surface area contributed by atoms with Crippen molar-refractivity contribution in [2.75, 3.05) is 25.5 Å². The summed E-state index contributed by atoms with van der Waals surface area (Å²) in [6.07, 6.45) is 0.364. The van der Waals surface area contributed by atoms with E-state index in [1.807, 2.05) is 0 Å². The first-order valence-corrected chi connectivity index (χ1v) is 7.95. The highest BCUT2D eigenvalue weighted by atomic mass is 16.6. The van der Waals surface area contributed by atoms with Gasteiger partial charge in [0.2, 0.25) is 0 Å². The van der Waals surface area contributed by atoms with Gasteiger partial charge in [-0.15, -0.1) is 0 Å². The van der Waals surface area contributed by atoms with Gasteiger partial charge in [-0.3, -0.25) is 5.32 Å². The molecule has 0 spiro atoms. The van der Waals surface area contributed by atoms with E-state index < -0.39 is 17.3 Å². The second kappa shape index (κ2) is 6.86. The Morgan fingerprint density at radius 3 is 2.67 bits per heavy atom. The zero-order valence-electron chi connectivity index (χ0n) is 14.6. The van der Waals surface area contributed by atoms with Crippen molar-refractivity contribution in [1.29, 1.82) is 0 Å². The van der Waals surface area contributed by atoms with Crippen LogP contribution in [0.1, 0.15) is 32.8 Å². The molecule has 0 bridgehead atoms. The minimum atomic E-state index is -0.842. The lowest BCUT2D eigenvalue weighted by molar-refractivity contribution is 0.0618. The number of hydrogen-bond acceptors (Lipinski definition) is 6. The number of carbonyl (C=O) groups excluding carboxylic acids is 1. The molecular formula is C17H26N2O5. The number of β-amino-alcohol motifs (C(OH)–C–C–N with tert-alkyl or cyclic N) is 1. The van der Waals surface area contributed by atoms with E-state index in [2.05, 4.69) is 10.6 Å². The normalized spacial score (nSPS) is 20.7. The predicted octanol–water partition coefficient (Wildman–Crippen LogP) is 2.01. The van der Waals surface area contributed by atoms with Crippen molar-refractivity contribution in [3.05, 3.63) is 17.7 Å². The fourth-order valence-corrected chi connectivity index (χ4v) is 2.69. The minimum absolute atomic E-state index is 0.177. The Kier molecular flexibility index (Phi) is 5.25. The van der Waals surface area contributed by atoms with Crippen LogP contribution in [0.4, 0.5) is 10.5 Å². The Morgan fingerprint density at radius 2 is 2.12 bits per heavy atom. The van der Waals surface area contributed by atoms with Gasteiger partial charge in [-0.1, -0.05) is 0 Å². The van der Waals surface area contributed by atoms with Gasteiger partial charge >= 0.3 is 6.09 Å². The zero-order chi connectivity index (χ0) is 18.0. The van der Waals surface area contributed by atoms with Crippen LogP contribution in [0.2, 0.25) is 0 Å². The number of phenols is 1. The highest BCUT2D eigenvalue weighted by molar-refractivity contribution is 5.88. The van der Waals surface area contributed by atoms with Gasteiger partial charge in [0.05, 0.1) is 18.4 Å². The standard InChI is InChI=1S/C17H26N2O5/c1-16(2,3)24-15(21)19-12-7-11(8-13(23-4)14(12)20)9-17(22)5-6-18-10-17/h7-8,18,20,22H,5-6,9-10H2,1-4H3,(H,19,21). The van der Waals surface area contributed by atoms with Gasteiger partial charge in [0.15, 0.2) is 11.5 Å². The van der Waals surface area contributed by atoms with Crippen LogP contribution in [0.3, 0.4) is 0 Å². The third-order valence-electron chi connectivity index (χ3n) is 3.74. The van der Waals surface area contributed by atoms with Gasteiger partial charge in [0, 0.05) is 13.0 Å². The van der Waals surface area contributed by atoms with Crippen LogP contribution in [0.25, 0.3) is 0 Å². The maximum Gasteiger partial charge on any atom is 0.412 e. The van der Waals surface area contributed by atoms with E-state index in [4.69, 9.17) is 9.47 Å². The molecule has 134 valence electrons. The molecule has 1 aromatic rings. The average Bonchev–Trinajstić information content (AvgIpc) is 2.86. The molecule has 1 unspecified atom stereocenters. The molecule has 0 saturated carbocycles. The number of nitrogens with one attached hydrogen (secondary N) is 2. The minimum Gasteiger partial charge on any atom is -0.503 e. The summed E-state index contributed by atoms with van der Waals surface area (Å²) in [5.74, 6) is 0.0526. The van der Waals surface area contributed by atoms with Crippen molar-refractivity contribution < 1.29 is 24.5 Å². The van der Waals surface area contributed by atoms with Crippen LogP contribution in [0.15, 0.2) is 12.1 Å². The van der Waals surface area contributed by atoms with E-state index in [1.54, 1.807) is 32.9 Å². The summed E-state index contributed by atoms with van der Waals surface area (Å²) in [6.45, 7) is 6.53. The van der Waals surface area contributed by atoms with Crippen LogP contribution in [0, 0.1) is 0 Å². The molecule has 7 nitrogen and oxygen atoms in total. The maximum atomic E-state index is 12.0. The molecule has 1 aliphatic heterocycles. The van der Waals surface area contributed by atoms with Gasteiger partial charge in [-0.05, 0) is 51.4 Å². The number of aliphatic hydroxyl groups is 1. The molecule has 2 rings (SSSR count). The summed E-state index contributed by atoms with van der Waals surface area (Å²) >= 11 is 0. The molecule has 1 aromatic carbocycles. The Bertz CT molecular complexity index is 604. The lowest BCUT2D eigenvalue weighted by atomic mass is 9.93. The van der Waals surface area contributed by atoms with E-state index in [-0.39, 0.29) is 17.2 Å². The van der Waals surface area contributed by atoms with Gasteiger partial charge in [-0.2, -0.15) is 0 Å². The van der Waals surface area contributed by atoms with Gasteiger partial charge < -0.3 is 25.0 Å². The lowest BCUT2D eigenvalue weighted by Gasteiger charge is -2.23. The monoisotopic (exact) mass is 338 g/mol. The number of rotatable bonds is 4. The van der Waals surface area contributed by atoms with E-state index in [1.165, 1.54) is 7.11 Å². The molecular weight excluding hydrogens is 312 g/mol. The first-order valence-electron chi connectivity index (χ1n) is 7.95. The number of carbonyl (C=O) groups is 1. The Balaban J connectivity index is 2.23. The molecule has 24 heavy (non-hydrogen) atoms. The number of aromatic hydroxyl groups is 1. The molecule has 1 aliphatic rings. The quantitative estimate of drug-likeness (QED) is 0.627. The fraction of sp³-hybridized carbons (Fsp3) is 0.588.